The van der Waals surface area contributed by atoms with Crippen molar-refractivity contribution < 1.29 is 14.3 Å². The van der Waals surface area contributed by atoms with Crippen LogP contribution in [0.25, 0.3) is 0 Å². The van der Waals surface area contributed by atoms with Gasteiger partial charge in [-0.1, -0.05) is 12.1 Å². The fourth-order valence-corrected chi connectivity index (χ4v) is 0.992. The second-order valence-corrected chi connectivity index (χ2v) is 2.95. The van der Waals surface area contributed by atoms with Crippen LogP contribution >= 0.6 is 0 Å². The van der Waals surface area contributed by atoms with Gasteiger partial charge in [0, 0.05) is 5.70 Å². The summed E-state index contributed by atoms with van der Waals surface area (Å²) in [7, 11) is 0. The zero-order valence-corrected chi connectivity index (χ0v) is 8.12. The molecular formula is C10H11FN2O2. The number of carboxylic acids is 1. The third kappa shape index (κ3) is 2.70. The highest BCUT2D eigenvalue weighted by Gasteiger charge is 2.07. The molecule has 0 atom stereocenters. The van der Waals surface area contributed by atoms with Gasteiger partial charge >= 0.3 is 5.97 Å². The van der Waals surface area contributed by atoms with E-state index >= 15 is 0 Å². The molecule has 0 aromatic heterocycles. The van der Waals surface area contributed by atoms with Gasteiger partial charge in [-0.3, -0.25) is 0 Å². The Kier molecular flexibility index (Phi) is 3.28. The van der Waals surface area contributed by atoms with Crippen molar-refractivity contribution in [3.8, 4) is 0 Å². The van der Waals surface area contributed by atoms with Crippen molar-refractivity contribution in [3.63, 3.8) is 0 Å². The number of hydrogen-bond donors (Lipinski definition) is 3. The fourth-order valence-electron chi connectivity index (χ4n) is 0.992. The number of para-hydroxylation sites is 1. The van der Waals surface area contributed by atoms with E-state index < -0.39 is 11.8 Å². The van der Waals surface area contributed by atoms with Gasteiger partial charge in [-0.2, -0.15) is 0 Å². The average molecular weight is 210 g/mol. The Labute approximate surface area is 86.2 Å². The molecule has 0 bridgehead atoms. The molecule has 80 valence electrons. The summed E-state index contributed by atoms with van der Waals surface area (Å²) in [4.78, 5) is 10.5. The van der Waals surface area contributed by atoms with Crippen LogP contribution in [0.3, 0.4) is 0 Å². The summed E-state index contributed by atoms with van der Waals surface area (Å²) in [6.07, 6.45) is 0. The number of rotatable bonds is 3. The highest BCUT2D eigenvalue weighted by Crippen LogP contribution is 2.15. The minimum Gasteiger partial charge on any atom is -0.477 e. The zero-order valence-electron chi connectivity index (χ0n) is 8.12. The number of hydrogen-bond acceptors (Lipinski definition) is 3. The number of aliphatic carboxylic acids is 1. The van der Waals surface area contributed by atoms with Crippen molar-refractivity contribution in [2.45, 2.75) is 6.92 Å². The number of nitrogens with one attached hydrogen (secondary N) is 1. The topological polar surface area (TPSA) is 75.3 Å². The maximum atomic E-state index is 13.1. The Morgan fingerprint density at radius 2 is 2.07 bits per heavy atom. The molecule has 4 N–H and O–H groups in total. The number of carbonyl (C=O) groups is 1. The summed E-state index contributed by atoms with van der Waals surface area (Å²) >= 11 is 0. The maximum Gasteiger partial charge on any atom is 0.353 e. The van der Waals surface area contributed by atoms with Crippen LogP contribution in [0, 0.1) is 5.82 Å². The molecule has 0 aliphatic rings. The molecule has 0 radical (unpaired) electrons. The lowest BCUT2D eigenvalue weighted by Gasteiger charge is -2.08. The van der Waals surface area contributed by atoms with Crippen molar-refractivity contribution in [2.75, 3.05) is 5.32 Å². The minimum atomic E-state index is -1.24. The molecule has 0 heterocycles. The van der Waals surface area contributed by atoms with Crippen LogP contribution < -0.4 is 11.1 Å². The van der Waals surface area contributed by atoms with Crippen LogP contribution in [0.15, 0.2) is 35.7 Å². The average Bonchev–Trinajstić information content (AvgIpc) is 2.20. The molecule has 0 fully saturated rings. The quantitative estimate of drug-likeness (QED) is 0.661. The molecule has 0 aliphatic carbocycles. The van der Waals surface area contributed by atoms with Crippen molar-refractivity contribution in [3.05, 3.63) is 41.5 Å². The van der Waals surface area contributed by atoms with E-state index in [0.29, 0.717) is 0 Å². The first kappa shape index (κ1) is 11.0. The smallest absolute Gasteiger partial charge is 0.353 e. The number of halogens is 1. The van der Waals surface area contributed by atoms with Gasteiger partial charge in [0.15, 0.2) is 0 Å². The van der Waals surface area contributed by atoms with Crippen molar-refractivity contribution in [1.29, 1.82) is 0 Å². The van der Waals surface area contributed by atoms with E-state index in [9.17, 15) is 9.18 Å². The summed E-state index contributed by atoms with van der Waals surface area (Å²) < 4.78 is 13.1. The van der Waals surface area contributed by atoms with Gasteiger partial charge in [0.1, 0.15) is 11.5 Å². The third-order valence-corrected chi connectivity index (χ3v) is 1.83. The van der Waals surface area contributed by atoms with Gasteiger partial charge in [0.25, 0.3) is 0 Å². The van der Waals surface area contributed by atoms with E-state index in [2.05, 4.69) is 5.32 Å². The second-order valence-electron chi connectivity index (χ2n) is 2.95. The van der Waals surface area contributed by atoms with Gasteiger partial charge in [0.2, 0.25) is 0 Å². The largest absolute Gasteiger partial charge is 0.477 e. The van der Waals surface area contributed by atoms with Crippen LogP contribution in [0.2, 0.25) is 0 Å². The molecule has 0 saturated heterocycles. The maximum absolute atomic E-state index is 13.1. The lowest BCUT2D eigenvalue weighted by molar-refractivity contribution is -0.132. The van der Waals surface area contributed by atoms with Gasteiger partial charge in [-0.25, -0.2) is 9.18 Å². The van der Waals surface area contributed by atoms with E-state index in [0.717, 1.165) is 0 Å². The number of carboxylic acid groups (broad SMARTS) is 1. The van der Waals surface area contributed by atoms with E-state index in [4.69, 9.17) is 10.8 Å². The molecule has 0 spiro atoms. The van der Waals surface area contributed by atoms with Crippen LogP contribution in [-0.4, -0.2) is 11.1 Å². The summed E-state index contributed by atoms with van der Waals surface area (Å²) in [5.41, 5.74) is 5.31. The molecule has 1 rings (SSSR count). The first-order chi connectivity index (χ1) is 7.02. The molecule has 0 aliphatic heterocycles. The lowest BCUT2D eigenvalue weighted by atomic mass is 10.2. The van der Waals surface area contributed by atoms with Crippen LogP contribution in [-0.2, 0) is 4.79 Å². The molecule has 1 aromatic rings. The summed E-state index contributed by atoms with van der Waals surface area (Å²) in [6, 6.07) is 5.94. The van der Waals surface area contributed by atoms with Crippen molar-refractivity contribution in [1.82, 2.24) is 0 Å². The standard InChI is InChI=1S/C10H11FN2O2/c1-6(9(12)10(14)15)13-8-5-3-2-4-7(8)11/h2-5,13H,12H2,1H3,(H,14,15)/b9-6-. The molecule has 0 unspecified atom stereocenters. The first-order valence-electron chi connectivity index (χ1n) is 4.23. The summed E-state index contributed by atoms with van der Waals surface area (Å²) in [5, 5.41) is 11.2. The summed E-state index contributed by atoms with van der Waals surface area (Å²) in [5.74, 6) is -1.70. The number of benzene rings is 1. The number of anilines is 1. The van der Waals surface area contributed by atoms with Crippen LogP contribution in [0.1, 0.15) is 6.92 Å². The monoisotopic (exact) mass is 210 g/mol. The molecule has 0 amide bonds. The number of nitrogens with two attached hydrogens (primary N) is 1. The molecule has 0 saturated carbocycles. The molecule has 15 heavy (non-hydrogen) atoms. The first-order valence-corrected chi connectivity index (χ1v) is 4.23. The normalized spacial score (nSPS) is 11.9. The Bertz CT molecular complexity index is 416. The lowest BCUT2D eigenvalue weighted by Crippen LogP contribution is -2.16. The van der Waals surface area contributed by atoms with Crippen LogP contribution in [0.5, 0.6) is 0 Å². The van der Waals surface area contributed by atoms with E-state index in [1.165, 1.54) is 19.1 Å². The summed E-state index contributed by atoms with van der Waals surface area (Å²) in [6.45, 7) is 1.47. The van der Waals surface area contributed by atoms with Gasteiger partial charge in [0.05, 0.1) is 5.69 Å². The van der Waals surface area contributed by atoms with Gasteiger partial charge in [-0.15, -0.1) is 0 Å². The van der Waals surface area contributed by atoms with Crippen molar-refractivity contribution >= 4 is 11.7 Å². The fraction of sp³-hybridized carbons (Fsp3) is 0.100. The van der Waals surface area contributed by atoms with E-state index in [-0.39, 0.29) is 17.1 Å². The predicted molar refractivity (Wildman–Crippen MR) is 54.5 cm³/mol. The Hall–Kier alpha value is -2.04. The highest BCUT2D eigenvalue weighted by molar-refractivity contribution is 5.86. The highest BCUT2D eigenvalue weighted by atomic mass is 19.1. The SMILES string of the molecule is C/C(Nc1ccccc1F)=C(/N)C(=O)O. The predicted octanol–water partition coefficient (Wildman–Crippen LogP) is 1.51. The molecular weight excluding hydrogens is 199 g/mol. The van der Waals surface area contributed by atoms with E-state index in [1.54, 1.807) is 12.1 Å². The minimum absolute atomic E-state index is 0.194. The van der Waals surface area contributed by atoms with E-state index in [1.807, 2.05) is 0 Å². The Morgan fingerprint density at radius 3 is 2.60 bits per heavy atom. The van der Waals surface area contributed by atoms with Crippen LogP contribution in [0.4, 0.5) is 10.1 Å². The Balaban J connectivity index is 2.93. The number of allylic oxidation sites excluding steroid dienone is 1. The van der Waals surface area contributed by atoms with Gasteiger partial charge in [-0.05, 0) is 19.1 Å². The van der Waals surface area contributed by atoms with Crippen molar-refractivity contribution in [2.24, 2.45) is 5.73 Å². The van der Waals surface area contributed by atoms with Gasteiger partial charge < -0.3 is 16.2 Å². The zero-order chi connectivity index (χ0) is 11.4. The Morgan fingerprint density at radius 1 is 1.47 bits per heavy atom. The molecule has 1 aromatic carbocycles. The molecule has 5 heteroatoms. The molecule has 4 nitrogen and oxygen atoms in total. The third-order valence-electron chi connectivity index (χ3n) is 1.83. The second kappa shape index (κ2) is 4.45.